The summed E-state index contributed by atoms with van der Waals surface area (Å²) >= 11 is 0. The Balaban J connectivity index is 1.33. The maximum Gasteiger partial charge on any atom is 0.110 e. The molecule has 0 bridgehead atoms. The van der Waals surface area contributed by atoms with Gasteiger partial charge in [-0.3, -0.25) is 4.90 Å². The molecule has 0 radical (unpaired) electrons. The van der Waals surface area contributed by atoms with Crippen LogP contribution in [0.15, 0.2) is 60.7 Å². The quantitative estimate of drug-likeness (QED) is 0.322. The van der Waals surface area contributed by atoms with Gasteiger partial charge in [-0.1, -0.05) is 59.7 Å². The van der Waals surface area contributed by atoms with E-state index in [0.717, 1.165) is 25.0 Å². The van der Waals surface area contributed by atoms with Crippen LogP contribution >= 0.6 is 0 Å². The van der Waals surface area contributed by atoms with Crippen molar-refractivity contribution in [2.75, 3.05) is 13.1 Å². The van der Waals surface area contributed by atoms with E-state index in [2.05, 4.69) is 97.8 Å². The van der Waals surface area contributed by atoms with Gasteiger partial charge >= 0.3 is 0 Å². The Kier molecular flexibility index (Phi) is 6.56. The maximum absolute atomic E-state index is 5.17. The van der Waals surface area contributed by atoms with E-state index in [1.54, 1.807) is 0 Å². The molecule has 1 aliphatic heterocycles. The fraction of sp³-hybridized carbons (Fsp3) is 0.387. The smallest absolute Gasteiger partial charge is 0.110 e. The summed E-state index contributed by atoms with van der Waals surface area (Å²) in [6, 6.07) is 22.5. The highest BCUT2D eigenvalue weighted by atomic mass is 15.1. The first-order valence-corrected chi connectivity index (χ1v) is 12.7. The van der Waals surface area contributed by atoms with Crippen LogP contribution in [0.25, 0.3) is 11.0 Å². The van der Waals surface area contributed by atoms with Gasteiger partial charge in [0, 0.05) is 19.5 Å². The Morgan fingerprint density at radius 1 is 0.765 bits per heavy atom. The Hall–Kier alpha value is -2.91. The van der Waals surface area contributed by atoms with Crippen molar-refractivity contribution in [1.29, 1.82) is 0 Å². The molecule has 1 aliphatic rings. The van der Waals surface area contributed by atoms with Gasteiger partial charge in [0.05, 0.1) is 11.0 Å². The molecule has 176 valence electrons. The molecule has 4 aromatic rings. The van der Waals surface area contributed by atoms with E-state index in [4.69, 9.17) is 4.98 Å². The van der Waals surface area contributed by atoms with Crippen molar-refractivity contribution in [2.45, 2.75) is 60.0 Å². The second-order valence-corrected chi connectivity index (χ2v) is 10.4. The molecular weight excluding hydrogens is 414 g/mol. The van der Waals surface area contributed by atoms with E-state index in [1.165, 1.54) is 70.7 Å². The predicted octanol–water partition coefficient (Wildman–Crippen LogP) is 6.77. The number of hydrogen-bond donors (Lipinski definition) is 0. The number of hydrogen-bond acceptors (Lipinski definition) is 2. The van der Waals surface area contributed by atoms with Crippen molar-refractivity contribution in [2.24, 2.45) is 5.92 Å². The molecule has 0 unspecified atom stereocenters. The fourth-order valence-electron chi connectivity index (χ4n) is 5.31. The lowest BCUT2D eigenvalue weighted by Crippen LogP contribution is -2.34. The van der Waals surface area contributed by atoms with Gasteiger partial charge in [-0.25, -0.2) is 4.98 Å². The molecule has 0 N–H and O–H groups in total. The molecule has 1 fully saturated rings. The number of fused-ring (bicyclic) bond motifs is 1. The summed E-state index contributed by atoms with van der Waals surface area (Å²) in [7, 11) is 0. The molecule has 0 spiro atoms. The summed E-state index contributed by atoms with van der Waals surface area (Å²) in [5, 5.41) is 0. The molecule has 34 heavy (non-hydrogen) atoms. The minimum atomic E-state index is 0.699. The Morgan fingerprint density at radius 3 is 2.24 bits per heavy atom. The molecule has 3 nitrogen and oxygen atoms in total. The van der Waals surface area contributed by atoms with Crippen LogP contribution in [0.3, 0.4) is 0 Å². The first kappa shape index (κ1) is 22.9. The van der Waals surface area contributed by atoms with Crippen LogP contribution < -0.4 is 0 Å². The van der Waals surface area contributed by atoms with Crippen LogP contribution in [0.4, 0.5) is 0 Å². The Bertz CT molecular complexity index is 1270. The molecule has 0 saturated carbocycles. The lowest BCUT2D eigenvalue weighted by atomic mass is 9.93. The largest absolute Gasteiger partial charge is 0.323 e. The van der Waals surface area contributed by atoms with Crippen molar-refractivity contribution in [3.8, 4) is 0 Å². The van der Waals surface area contributed by atoms with Gasteiger partial charge in [0.25, 0.3) is 0 Å². The zero-order valence-corrected chi connectivity index (χ0v) is 21.1. The lowest BCUT2D eigenvalue weighted by Gasteiger charge is -2.32. The first-order chi connectivity index (χ1) is 16.4. The highest BCUT2D eigenvalue weighted by Crippen LogP contribution is 2.27. The SMILES string of the molecule is Cc1ccc(Cn2c(CC3CCN(Cc4cccc(C)c4)CC3)nc3cc(C)c(C)cc32)cc1. The van der Waals surface area contributed by atoms with Crippen LogP contribution in [0.1, 0.15) is 52.0 Å². The van der Waals surface area contributed by atoms with E-state index in [0.29, 0.717) is 5.92 Å². The summed E-state index contributed by atoms with van der Waals surface area (Å²) < 4.78 is 2.48. The monoisotopic (exact) mass is 451 g/mol. The second kappa shape index (κ2) is 9.76. The number of nitrogens with zero attached hydrogens (tertiary/aromatic N) is 3. The Labute approximate surface area is 204 Å². The van der Waals surface area contributed by atoms with Crippen molar-refractivity contribution in [3.05, 3.63) is 99.9 Å². The minimum absolute atomic E-state index is 0.699. The predicted molar refractivity (Wildman–Crippen MR) is 142 cm³/mol. The first-order valence-electron chi connectivity index (χ1n) is 12.7. The van der Waals surface area contributed by atoms with Crippen LogP contribution in [0.2, 0.25) is 0 Å². The van der Waals surface area contributed by atoms with E-state index in [-0.39, 0.29) is 0 Å². The average molecular weight is 452 g/mol. The molecule has 3 heteroatoms. The molecule has 1 saturated heterocycles. The van der Waals surface area contributed by atoms with E-state index in [9.17, 15) is 0 Å². The number of piperidine rings is 1. The zero-order chi connectivity index (χ0) is 23.7. The van der Waals surface area contributed by atoms with Crippen LogP contribution in [-0.4, -0.2) is 27.5 Å². The minimum Gasteiger partial charge on any atom is -0.323 e. The average Bonchev–Trinajstić information content (AvgIpc) is 3.12. The van der Waals surface area contributed by atoms with Crippen molar-refractivity contribution >= 4 is 11.0 Å². The number of aromatic nitrogens is 2. The summed E-state index contributed by atoms with van der Waals surface area (Å²) in [6.07, 6.45) is 3.56. The summed E-state index contributed by atoms with van der Waals surface area (Å²) in [4.78, 5) is 7.79. The molecule has 1 aromatic heterocycles. The van der Waals surface area contributed by atoms with Crippen LogP contribution in [0, 0.1) is 33.6 Å². The summed E-state index contributed by atoms with van der Waals surface area (Å²) in [6.45, 7) is 13.0. The molecule has 5 rings (SSSR count). The van der Waals surface area contributed by atoms with Gasteiger partial charge in [-0.15, -0.1) is 0 Å². The normalized spacial score (nSPS) is 15.3. The number of aryl methyl sites for hydroxylation is 4. The third-order valence-corrected chi connectivity index (χ3v) is 7.57. The second-order valence-electron chi connectivity index (χ2n) is 10.4. The maximum atomic E-state index is 5.17. The van der Waals surface area contributed by atoms with Gasteiger partial charge in [-0.05, 0) is 93.9 Å². The van der Waals surface area contributed by atoms with E-state index in [1.807, 2.05) is 0 Å². The third kappa shape index (κ3) is 5.10. The molecule has 0 amide bonds. The summed E-state index contributed by atoms with van der Waals surface area (Å²) in [5.74, 6) is 1.95. The standard InChI is InChI=1S/C31H37N3/c1-22-8-10-27(11-9-22)21-34-30-18-25(4)24(3)17-29(30)32-31(34)19-26-12-14-33(15-13-26)20-28-7-5-6-23(2)16-28/h5-11,16-18,26H,12-15,19-21H2,1-4H3. The van der Waals surface area contributed by atoms with E-state index >= 15 is 0 Å². The highest BCUT2D eigenvalue weighted by molar-refractivity contribution is 5.78. The van der Waals surface area contributed by atoms with Gasteiger partial charge < -0.3 is 4.57 Å². The van der Waals surface area contributed by atoms with Gasteiger partial charge in [0.15, 0.2) is 0 Å². The lowest BCUT2D eigenvalue weighted by molar-refractivity contribution is 0.175. The topological polar surface area (TPSA) is 21.1 Å². The number of benzene rings is 3. The Morgan fingerprint density at radius 2 is 1.50 bits per heavy atom. The molecule has 0 atom stereocenters. The molecule has 3 aromatic carbocycles. The van der Waals surface area contributed by atoms with Crippen LogP contribution in [0.5, 0.6) is 0 Å². The molecular formula is C31H37N3. The number of imidazole rings is 1. The highest BCUT2D eigenvalue weighted by Gasteiger charge is 2.22. The molecule has 0 aliphatic carbocycles. The van der Waals surface area contributed by atoms with Crippen LogP contribution in [-0.2, 0) is 19.5 Å². The van der Waals surface area contributed by atoms with Crippen molar-refractivity contribution in [3.63, 3.8) is 0 Å². The third-order valence-electron chi connectivity index (χ3n) is 7.57. The van der Waals surface area contributed by atoms with Gasteiger partial charge in [0.1, 0.15) is 5.82 Å². The summed E-state index contributed by atoms with van der Waals surface area (Å²) in [5.41, 5.74) is 10.5. The van der Waals surface area contributed by atoms with Gasteiger partial charge in [-0.2, -0.15) is 0 Å². The van der Waals surface area contributed by atoms with Gasteiger partial charge in [0.2, 0.25) is 0 Å². The number of likely N-dealkylation sites (tertiary alicyclic amines) is 1. The fourth-order valence-corrected chi connectivity index (χ4v) is 5.31. The van der Waals surface area contributed by atoms with E-state index < -0.39 is 0 Å². The van der Waals surface area contributed by atoms with Crippen molar-refractivity contribution < 1.29 is 0 Å². The van der Waals surface area contributed by atoms with Crippen molar-refractivity contribution in [1.82, 2.24) is 14.5 Å². The zero-order valence-electron chi connectivity index (χ0n) is 21.1. The molecule has 2 heterocycles. The number of rotatable bonds is 6.